The van der Waals surface area contributed by atoms with Crippen molar-refractivity contribution in [3.63, 3.8) is 0 Å². The third kappa shape index (κ3) is 4.29. The monoisotopic (exact) mass is 318 g/mol. The minimum Gasteiger partial charge on any atom is -0.444 e. The highest BCUT2D eigenvalue weighted by atomic mass is 79.9. The van der Waals surface area contributed by atoms with Gasteiger partial charge in [0.1, 0.15) is 11.3 Å². The van der Waals surface area contributed by atoms with E-state index in [1.807, 2.05) is 27.7 Å². The molecular weight excluding hydrogens is 300 g/mol. The standard InChI is InChI=1S/C11H19BrN4O2/c1-6-16-13-8(9(12)14-16)7-15(5)10(17)18-11(2,3)4/h6-7H2,1-5H3. The van der Waals surface area contributed by atoms with Gasteiger partial charge in [-0.25, -0.2) is 4.79 Å². The number of rotatable bonds is 3. The van der Waals surface area contributed by atoms with Crippen LogP contribution in [-0.2, 0) is 17.8 Å². The van der Waals surface area contributed by atoms with Gasteiger partial charge in [0.25, 0.3) is 0 Å². The topological polar surface area (TPSA) is 60.2 Å². The van der Waals surface area contributed by atoms with Crippen LogP contribution in [-0.4, -0.2) is 38.6 Å². The molecule has 0 radical (unpaired) electrons. The van der Waals surface area contributed by atoms with Gasteiger partial charge in [-0.3, -0.25) is 0 Å². The van der Waals surface area contributed by atoms with E-state index in [2.05, 4.69) is 26.1 Å². The van der Waals surface area contributed by atoms with Crippen molar-refractivity contribution in [3.8, 4) is 0 Å². The number of ether oxygens (including phenoxy) is 1. The molecule has 0 N–H and O–H groups in total. The maximum atomic E-state index is 11.8. The molecule has 0 saturated carbocycles. The van der Waals surface area contributed by atoms with Gasteiger partial charge in [-0.05, 0) is 43.6 Å². The van der Waals surface area contributed by atoms with E-state index < -0.39 is 5.60 Å². The molecule has 0 atom stereocenters. The van der Waals surface area contributed by atoms with Crippen LogP contribution in [0.1, 0.15) is 33.4 Å². The highest BCUT2D eigenvalue weighted by molar-refractivity contribution is 9.10. The summed E-state index contributed by atoms with van der Waals surface area (Å²) in [6.07, 6.45) is -0.375. The number of hydrogen-bond donors (Lipinski definition) is 0. The summed E-state index contributed by atoms with van der Waals surface area (Å²) >= 11 is 3.32. The molecule has 102 valence electrons. The van der Waals surface area contributed by atoms with Crippen LogP contribution in [0.5, 0.6) is 0 Å². The number of carbonyl (C=O) groups excluding carboxylic acids is 1. The highest BCUT2D eigenvalue weighted by Gasteiger charge is 2.21. The first-order chi connectivity index (χ1) is 8.23. The Balaban J connectivity index is 2.66. The molecule has 0 unspecified atom stereocenters. The van der Waals surface area contributed by atoms with E-state index in [1.54, 1.807) is 11.8 Å². The number of hydrogen-bond acceptors (Lipinski definition) is 4. The number of nitrogens with zero attached hydrogens (tertiary/aromatic N) is 4. The normalized spacial score (nSPS) is 11.4. The van der Waals surface area contributed by atoms with Gasteiger partial charge in [-0.1, -0.05) is 0 Å². The molecule has 7 heteroatoms. The van der Waals surface area contributed by atoms with Gasteiger partial charge in [0.15, 0.2) is 4.60 Å². The molecule has 0 aliphatic heterocycles. The number of carbonyl (C=O) groups is 1. The van der Waals surface area contributed by atoms with Gasteiger partial charge in [-0.2, -0.15) is 9.90 Å². The maximum Gasteiger partial charge on any atom is 0.410 e. The highest BCUT2D eigenvalue weighted by Crippen LogP contribution is 2.15. The average Bonchev–Trinajstić information content (AvgIpc) is 2.57. The molecule has 6 nitrogen and oxygen atoms in total. The van der Waals surface area contributed by atoms with E-state index >= 15 is 0 Å². The molecule has 0 fully saturated rings. The van der Waals surface area contributed by atoms with Crippen molar-refractivity contribution in [1.82, 2.24) is 19.9 Å². The lowest BCUT2D eigenvalue weighted by molar-refractivity contribution is 0.0282. The molecular formula is C11H19BrN4O2. The molecule has 0 spiro atoms. The Morgan fingerprint density at radius 1 is 1.44 bits per heavy atom. The van der Waals surface area contributed by atoms with E-state index in [9.17, 15) is 4.79 Å². The smallest absolute Gasteiger partial charge is 0.410 e. The summed E-state index contributed by atoms with van der Waals surface area (Å²) < 4.78 is 5.91. The molecule has 0 aliphatic carbocycles. The quantitative estimate of drug-likeness (QED) is 0.858. The molecule has 0 aliphatic rings. The summed E-state index contributed by atoms with van der Waals surface area (Å²) in [6, 6.07) is 0. The molecule has 1 aromatic rings. The van der Waals surface area contributed by atoms with E-state index in [4.69, 9.17) is 4.74 Å². The Morgan fingerprint density at radius 3 is 2.50 bits per heavy atom. The third-order valence-corrected chi connectivity index (χ3v) is 2.67. The first-order valence-corrected chi connectivity index (χ1v) is 6.56. The second-order valence-electron chi connectivity index (χ2n) is 4.96. The van der Waals surface area contributed by atoms with Crippen LogP contribution in [0.25, 0.3) is 0 Å². The van der Waals surface area contributed by atoms with Crippen molar-refractivity contribution in [1.29, 1.82) is 0 Å². The predicted molar refractivity (Wildman–Crippen MR) is 71.1 cm³/mol. The predicted octanol–water partition coefficient (Wildman–Crippen LogP) is 2.43. The fraction of sp³-hybridized carbons (Fsp3) is 0.727. The summed E-state index contributed by atoms with van der Waals surface area (Å²) in [5, 5.41) is 8.42. The largest absolute Gasteiger partial charge is 0.444 e. The van der Waals surface area contributed by atoms with E-state index in [1.165, 1.54) is 4.90 Å². The molecule has 1 rings (SSSR count). The van der Waals surface area contributed by atoms with Crippen LogP contribution < -0.4 is 0 Å². The van der Waals surface area contributed by atoms with Crippen molar-refractivity contribution in [2.45, 2.75) is 46.4 Å². The zero-order valence-electron chi connectivity index (χ0n) is 11.4. The molecule has 0 aromatic carbocycles. The van der Waals surface area contributed by atoms with Crippen molar-refractivity contribution in [2.24, 2.45) is 0 Å². The Labute approximate surface area is 115 Å². The number of halogens is 1. The van der Waals surface area contributed by atoms with Crippen LogP contribution in [0.15, 0.2) is 4.60 Å². The molecule has 18 heavy (non-hydrogen) atoms. The number of aromatic nitrogens is 3. The minimum atomic E-state index is -0.496. The van der Waals surface area contributed by atoms with Crippen molar-refractivity contribution in [3.05, 3.63) is 10.3 Å². The van der Waals surface area contributed by atoms with Crippen molar-refractivity contribution >= 4 is 22.0 Å². The summed E-state index contributed by atoms with van der Waals surface area (Å²) in [4.78, 5) is 14.8. The molecule has 1 heterocycles. The fourth-order valence-corrected chi connectivity index (χ4v) is 1.62. The first kappa shape index (κ1) is 14.9. The summed E-state index contributed by atoms with van der Waals surface area (Å²) in [6.45, 7) is 8.50. The molecule has 0 saturated heterocycles. The van der Waals surface area contributed by atoms with Gasteiger partial charge in [0.05, 0.1) is 13.1 Å². The van der Waals surface area contributed by atoms with Crippen LogP contribution in [0.4, 0.5) is 4.79 Å². The number of aryl methyl sites for hydroxylation is 1. The van der Waals surface area contributed by atoms with Gasteiger partial charge in [0, 0.05) is 7.05 Å². The summed E-state index contributed by atoms with van der Waals surface area (Å²) in [5.41, 5.74) is 0.217. The van der Waals surface area contributed by atoms with Crippen LogP contribution >= 0.6 is 15.9 Å². The van der Waals surface area contributed by atoms with Gasteiger partial charge < -0.3 is 9.64 Å². The fourth-order valence-electron chi connectivity index (χ4n) is 1.23. The van der Waals surface area contributed by atoms with E-state index in [-0.39, 0.29) is 6.09 Å². The van der Waals surface area contributed by atoms with Crippen LogP contribution in [0.2, 0.25) is 0 Å². The Hall–Kier alpha value is -1.11. The molecule has 0 bridgehead atoms. The van der Waals surface area contributed by atoms with Gasteiger partial charge in [-0.15, -0.1) is 5.10 Å². The van der Waals surface area contributed by atoms with Crippen molar-refractivity contribution < 1.29 is 9.53 Å². The average molecular weight is 319 g/mol. The zero-order chi connectivity index (χ0) is 13.9. The maximum absolute atomic E-state index is 11.8. The first-order valence-electron chi connectivity index (χ1n) is 5.76. The van der Waals surface area contributed by atoms with Crippen molar-refractivity contribution in [2.75, 3.05) is 7.05 Å². The van der Waals surface area contributed by atoms with Gasteiger partial charge in [0.2, 0.25) is 0 Å². The Morgan fingerprint density at radius 2 is 2.06 bits per heavy atom. The second kappa shape index (κ2) is 5.69. The minimum absolute atomic E-state index is 0.357. The lowest BCUT2D eigenvalue weighted by atomic mass is 10.2. The van der Waals surface area contributed by atoms with E-state index in [0.29, 0.717) is 23.4 Å². The van der Waals surface area contributed by atoms with Crippen LogP contribution in [0.3, 0.4) is 0 Å². The summed E-state index contributed by atoms with van der Waals surface area (Å²) in [7, 11) is 1.67. The summed E-state index contributed by atoms with van der Waals surface area (Å²) in [5.74, 6) is 0. The Kier molecular flexibility index (Phi) is 4.72. The number of amides is 1. The van der Waals surface area contributed by atoms with E-state index in [0.717, 1.165) is 0 Å². The zero-order valence-corrected chi connectivity index (χ0v) is 13.0. The Bertz CT molecular complexity index is 425. The van der Waals surface area contributed by atoms with Crippen LogP contribution in [0, 0.1) is 0 Å². The SMILES string of the molecule is CCn1nc(Br)c(CN(C)C(=O)OC(C)(C)C)n1. The lowest BCUT2D eigenvalue weighted by Gasteiger charge is -2.24. The third-order valence-electron chi connectivity index (χ3n) is 2.05. The molecule has 1 aromatic heterocycles. The second-order valence-corrected chi connectivity index (χ2v) is 5.71. The lowest BCUT2D eigenvalue weighted by Crippen LogP contribution is -2.34. The van der Waals surface area contributed by atoms with Gasteiger partial charge >= 0.3 is 6.09 Å². The molecule has 1 amide bonds.